The van der Waals surface area contributed by atoms with Gasteiger partial charge in [0.25, 0.3) is 0 Å². The van der Waals surface area contributed by atoms with Crippen LogP contribution in [0.15, 0.2) is 6.20 Å². The Morgan fingerprint density at radius 3 is 2.80 bits per heavy atom. The van der Waals surface area contributed by atoms with Gasteiger partial charge >= 0.3 is 12.1 Å². The van der Waals surface area contributed by atoms with Crippen molar-refractivity contribution in [3.63, 3.8) is 0 Å². The molecule has 5 nitrogen and oxygen atoms in total. The van der Waals surface area contributed by atoms with Gasteiger partial charge in [0.2, 0.25) is 0 Å². The number of aromatic nitrogens is 3. The summed E-state index contributed by atoms with van der Waals surface area (Å²) in [6.45, 7) is 0.433. The number of nitrogens with zero attached hydrogens (tertiary/aromatic N) is 3. The number of carbonyl (C=O) groups is 1. The lowest BCUT2D eigenvalue weighted by Gasteiger charge is -2.03. The molecule has 0 saturated carbocycles. The van der Waals surface area contributed by atoms with Crippen LogP contribution in [-0.4, -0.2) is 33.7 Å². The average Bonchev–Trinajstić information content (AvgIpc) is 2.50. The Morgan fingerprint density at radius 2 is 2.27 bits per heavy atom. The van der Waals surface area contributed by atoms with Crippen LogP contribution in [0.4, 0.5) is 13.2 Å². The average molecular weight is 223 g/mol. The third-order valence-electron chi connectivity index (χ3n) is 1.36. The molecule has 0 aromatic carbocycles. The van der Waals surface area contributed by atoms with Crippen LogP contribution in [-0.2, 0) is 11.3 Å². The van der Waals surface area contributed by atoms with Gasteiger partial charge in [-0.05, 0) is 6.92 Å². The predicted molar refractivity (Wildman–Crippen MR) is 42.0 cm³/mol. The molecular weight excluding hydrogens is 215 g/mol. The second-order valence-corrected chi connectivity index (χ2v) is 2.64. The van der Waals surface area contributed by atoms with Gasteiger partial charge in [-0.1, -0.05) is 5.21 Å². The third-order valence-corrected chi connectivity index (χ3v) is 1.36. The van der Waals surface area contributed by atoms with Gasteiger partial charge in [0.05, 0.1) is 12.8 Å². The van der Waals surface area contributed by atoms with Gasteiger partial charge in [-0.2, -0.15) is 13.2 Å². The van der Waals surface area contributed by atoms with E-state index < -0.39 is 18.7 Å². The Morgan fingerprint density at radius 1 is 1.60 bits per heavy atom. The van der Waals surface area contributed by atoms with E-state index in [1.807, 2.05) is 0 Å². The molecule has 0 unspecified atom stereocenters. The molecule has 0 radical (unpaired) electrons. The molecule has 0 fully saturated rings. The second-order valence-electron chi connectivity index (χ2n) is 2.64. The van der Waals surface area contributed by atoms with Gasteiger partial charge in [0.15, 0.2) is 5.69 Å². The molecular formula is C7H8F3N3O2. The van der Waals surface area contributed by atoms with Gasteiger partial charge in [0, 0.05) is 0 Å². The highest BCUT2D eigenvalue weighted by Crippen LogP contribution is 2.16. The maximum absolute atomic E-state index is 11.9. The van der Waals surface area contributed by atoms with E-state index in [0.717, 1.165) is 6.20 Å². The van der Waals surface area contributed by atoms with Crippen LogP contribution in [0.1, 0.15) is 17.4 Å². The topological polar surface area (TPSA) is 57.0 Å². The Kier molecular flexibility index (Phi) is 3.28. The van der Waals surface area contributed by atoms with Crippen LogP contribution in [0.3, 0.4) is 0 Å². The van der Waals surface area contributed by atoms with Crippen LogP contribution >= 0.6 is 0 Å². The molecule has 1 aromatic rings. The number of esters is 1. The van der Waals surface area contributed by atoms with E-state index in [-0.39, 0.29) is 12.3 Å². The fraction of sp³-hybridized carbons (Fsp3) is 0.571. The lowest BCUT2D eigenvalue weighted by molar-refractivity contribution is -0.142. The molecule has 0 saturated heterocycles. The maximum atomic E-state index is 11.9. The zero-order chi connectivity index (χ0) is 11.5. The van der Waals surface area contributed by atoms with Crippen molar-refractivity contribution in [1.82, 2.24) is 15.0 Å². The minimum atomic E-state index is -4.39. The fourth-order valence-corrected chi connectivity index (χ4v) is 0.858. The van der Waals surface area contributed by atoms with Crippen LogP contribution in [0.5, 0.6) is 0 Å². The standard InChI is InChI=1S/C7H8F3N3O2/c1-2-15-6(14)5-3-13(12-11-5)4-7(8,9)10/h3H,2,4H2,1H3. The summed E-state index contributed by atoms with van der Waals surface area (Å²) in [5, 5.41) is 6.41. The summed E-state index contributed by atoms with van der Waals surface area (Å²) in [5.74, 6) is -0.786. The Bertz CT molecular complexity index is 347. The monoisotopic (exact) mass is 223 g/mol. The lowest BCUT2D eigenvalue weighted by Crippen LogP contribution is -2.18. The first-order valence-electron chi connectivity index (χ1n) is 4.06. The van der Waals surface area contributed by atoms with Gasteiger partial charge < -0.3 is 4.74 Å². The van der Waals surface area contributed by atoms with Gasteiger partial charge in [0.1, 0.15) is 6.54 Å². The number of rotatable bonds is 3. The first kappa shape index (κ1) is 11.5. The predicted octanol–water partition coefficient (Wildman–Crippen LogP) is 1.02. The molecule has 0 aliphatic carbocycles. The molecule has 0 N–H and O–H groups in total. The molecule has 0 atom stereocenters. The number of carbonyl (C=O) groups excluding carboxylic acids is 1. The minimum Gasteiger partial charge on any atom is -0.461 e. The largest absolute Gasteiger partial charge is 0.461 e. The molecule has 15 heavy (non-hydrogen) atoms. The van der Waals surface area contributed by atoms with Crippen molar-refractivity contribution < 1.29 is 22.7 Å². The second kappa shape index (κ2) is 4.28. The molecule has 0 amide bonds. The van der Waals surface area contributed by atoms with Crippen molar-refractivity contribution in [3.8, 4) is 0 Å². The fourth-order valence-electron chi connectivity index (χ4n) is 0.858. The maximum Gasteiger partial charge on any atom is 0.408 e. The van der Waals surface area contributed by atoms with E-state index in [9.17, 15) is 18.0 Å². The highest BCUT2D eigenvalue weighted by atomic mass is 19.4. The van der Waals surface area contributed by atoms with Gasteiger partial charge in [-0.25, -0.2) is 9.48 Å². The van der Waals surface area contributed by atoms with E-state index >= 15 is 0 Å². The number of ether oxygens (including phenoxy) is 1. The highest BCUT2D eigenvalue weighted by molar-refractivity contribution is 5.86. The molecule has 0 aliphatic heterocycles. The Hall–Kier alpha value is -1.60. The van der Waals surface area contributed by atoms with Gasteiger partial charge in [-0.15, -0.1) is 5.10 Å². The summed E-state index contributed by atoms with van der Waals surface area (Å²) in [7, 11) is 0. The van der Waals surface area contributed by atoms with E-state index in [0.29, 0.717) is 4.68 Å². The summed E-state index contributed by atoms with van der Waals surface area (Å²) in [4.78, 5) is 11.0. The molecule has 1 rings (SSSR count). The quantitative estimate of drug-likeness (QED) is 0.718. The molecule has 84 valence electrons. The number of alkyl halides is 3. The normalized spacial score (nSPS) is 11.5. The lowest BCUT2D eigenvalue weighted by atomic mass is 10.5. The zero-order valence-corrected chi connectivity index (χ0v) is 7.78. The van der Waals surface area contributed by atoms with Crippen molar-refractivity contribution in [2.75, 3.05) is 6.61 Å². The first-order chi connectivity index (χ1) is 6.92. The molecule has 1 heterocycles. The Balaban J connectivity index is 2.68. The molecule has 8 heteroatoms. The van der Waals surface area contributed by atoms with E-state index in [4.69, 9.17) is 0 Å². The van der Waals surface area contributed by atoms with Crippen LogP contribution in [0.2, 0.25) is 0 Å². The zero-order valence-electron chi connectivity index (χ0n) is 7.78. The molecule has 0 spiro atoms. The number of halogens is 3. The van der Waals surface area contributed by atoms with Crippen molar-refractivity contribution in [3.05, 3.63) is 11.9 Å². The summed E-state index contributed by atoms with van der Waals surface area (Å²) < 4.78 is 40.8. The number of hydrogen-bond acceptors (Lipinski definition) is 4. The van der Waals surface area contributed by atoms with Crippen LogP contribution in [0, 0.1) is 0 Å². The molecule has 0 bridgehead atoms. The van der Waals surface area contributed by atoms with Crippen molar-refractivity contribution in [1.29, 1.82) is 0 Å². The van der Waals surface area contributed by atoms with Crippen molar-refractivity contribution in [2.45, 2.75) is 19.6 Å². The van der Waals surface area contributed by atoms with E-state index in [1.54, 1.807) is 6.92 Å². The minimum absolute atomic E-state index is 0.130. The summed E-state index contributed by atoms with van der Waals surface area (Å²) in [5.41, 5.74) is -0.235. The molecule has 0 aliphatic rings. The first-order valence-corrected chi connectivity index (χ1v) is 4.06. The van der Waals surface area contributed by atoms with Crippen molar-refractivity contribution in [2.24, 2.45) is 0 Å². The van der Waals surface area contributed by atoms with Gasteiger partial charge in [-0.3, -0.25) is 0 Å². The third kappa shape index (κ3) is 3.56. The Labute approximate surface area is 82.8 Å². The summed E-state index contributed by atoms with van der Waals surface area (Å²) in [6, 6.07) is 0. The SMILES string of the molecule is CCOC(=O)c1cn(CC(F)(F)F)nn1. The summed E-state index contributed by atoms with van der Waals surface area (Å²) >= 11 is 0. The van der Waals surface area contributed by atoms with Crippen LogP contribution in [0.25, 0.3) is 0 Å². The smallest absolute Gasteiger partial charge is 0.408 e. The highest BCUT2D eigenvalue weighted by Gasteiger charge is 2.29. The summed E-state index contributed by atoms with van der Waals surface area (Å²) in [6.07, 6.45) is -3.49. The molecule has 1 aromatic heterocycles. The van der Waals surface area contributed by atoms with Crippen molar-refractivity contribution >= 4 is 5.97 Å². The number of hydrogen-bond donors (Lipinski definition) is 0. The van der Waals surface area contributed by atoms with E-state index in [2.05, 4.69) is 15.0 Å². The van der Waals surface area contributed by atoms with Crippen LogP contribution < -0.4 is 0 Å². The van der Waals surface area contributed by atoms with E-state index in [1.165, 1.54) is 0 Å².